The normalized spacial score (nSPS) is 17.5. The number of aliphatic hydroxyl groups excluding tert-OH is 1. The highest BCUT2D eigenvalue weighted by Crippen LogP contribution is 2.21. The monoisotopic (exact) mass is 298 g/mol. The smallest absolute Gasteiger partial charge is 0.255 e. The minimum atomic E-state index is -0.0466. The topological polar surface area (TPSA) is 62.7 Å². The first-order valence-corrected chi connectivity index (χ1v) is 7.35. The van der Waals surface area contributed by atoms with Crippen molar-refractivity contribution >= 4 is 5.91 Å². The standard InChI is InChI=1S/C17H18N2O3/c20-12-13-8-9-19(11-13)17(21)14-6-7-16(18-10-14)22-15-4-2-1-3-5-15/h1-7,10,13,20H,8-9,11-12H2. The van der Waals surface area contributed by atoms with Crippen molar-refractivity contribution in [2.75, 3.05) is 19.7 Å². The molecule has 1 atom stereocenters. The van der Waals surface area contributed by atoms with Gasteiger partial charge in [0, 0.05) is 37.9 Å². The van der Waals surface area contributed by atoms with E-state index in [1.807, 2.05) is 30.3 Å². The zero-order chi connectivity index (χ0) is 15.4. The average Bonchev–Trinajstić information content (AvgIpc) is 3.05. The van der Waals surface area contributed by atoms with Crippen molar-refractivity contribution < 1.29 is 14.6 Å². The summed E-state index contributed by atoms with van der Waals surface area (Å²) in [6.45, 7) is 1.43. The van der Waals surface area contributed by atoms with E-state index in [9.17, 15) is 4.79 Å². The predicted molar refractivity (Wildman–Crippen MR) is 81.8 cm³/mol. The van der Waals surface area contributed by atoms with E-state index >= 15 is 0 Å². The molecular weight excluding hydrogens is 280 g/mol. The van der Waals surface area contributed by atoms with Gasteiger partial charge >= 0.3 is 0 Å². The molecule has 0 aliphatic carbocycles. The number of likely N-dealkylation sites (tertiary alicyclic amines) is 1. The number of carbonyl (C=O) groups excluding carboxylic acids is 1. The Kier molecular flexibility index (Phi) is 4.34. The van der Waals surface area contributed by atoms with Crippen LogP contribution in [0.2, 0.25) is 0 Å². The van der Waals surface area contributed by atoms with Gasteiger partial charge in [-0.3, -0.25) is 4.79 Å². The molecule has 0 bridgehead atoms. The van der Waals surface area contributed by atoms with Gasteiger partial charge in [0.2, 0.25) is 5.88 Å². The summed E-state index contributed by atoms with van der Waals surface area (Å²) in [6, 6.07) is 12.8. The van der Waals surface area contributed by atoms with E-state index in [1.54, 1.807) is 17.0 Å². The third kappa shape index (κ3) is 3.26. The lowest BCUT2D eigenvalue weighted by Crippen LogP contribution is -2.29. The molecule has 5 nitrogen and oxygen atoms in total. The number of aromatic nitrogens is 1. The molecule has 5 heteroatoms. The van der Waals surface area contributed by atoms with E-state index < -0.39 is 0 Å². The number of ether oxygens (including phenoxy) is 1. The molecule has 0 saturated carbocycles. The molecule has 1 fully saturated rings. The Balaban J connectivity index is 1.65. The number of benzene rings is 1. The minimum absolute atomic E-state index is 0.0466. The lowest BCUT2D eigenvalue weighted by Gasteiger charge is -2.16. The van der Waals surface area contributed by atoms with Crippen LogP contribution in [0.25, 0.3) is 0 Å². The van der Waals surface area contributed by atoms with Crippen molar-refractivity contribution in [1.82, 2.24) is 9.88 Å². The Morgan fingerprint density at radius 3 is 2.73 bits per heavy atom. The second-order valence-corrected chi connectivity index (χ2v) is 5.39. The highest BCUT2D eigenvalue weighted by atomic mass is 16.5. The number of pyridine rings is 1. The Morgan fingerprint density at radius 2 is 2.09 bits per heavy atom. The maximum Gasteiger partial charge on any atom is 0.255 e. The first-order chi connectivity index (χ1) is 10.8. The van der Waals surface area contributed by atoms with Crippen molar-refractivity contribution in [2.24, 2.45) is 5.92 Å². The van der Waals surface area contributed by atoms with Gasteiger partial charge in [0.25, 0.3) is 5.91 Å². The molecule has 22 heavy (non-hydrogen) atoms. The lowest BCUT2D eigenvalue weighted by atomic mass is 10.1. The minimum Gasteiger partial charge on any atom is -0.439 e. The van der Waals surface area contributed by atoms with Crippen molar-refractivity contribution in [3.63, 3.8) is 0 Å². The molecule has 3 rings (SSSR count). The zero-order valence-electron chi connectivity index (χ0n) is 12.2. The quantitative estimate of drug-likeness (QED) is 0.941. The van der Waals surface area contributed by atoms with Crippen LogP contribution >= 0.6 is 0 Å². The molecular formula is C17H18N2O3. The molecule has 2 aromatic rings. The average molecular weight is 298 g/mol. The number of carbonyl (C=O) groups is 1. The molecule has 0 radical (unpaired) electrons. The summed E-state index contributed by atoms with van der Waals surface area (Å²) in [5.74, 6) is 1.31. The van der Waals surface area contributed by atoms with Crippen molar-refractivity contribution in [3.8, 4) is 11.6 Å². The summed E-state index contributed by atoms with van der Waals surface area (Å²) in [7, 11) is 0. The van der Waals surface area contributed by atoms with Crippen molar-refractivity contribution in [2.45, 2.75) is 6.42 Å². The summed E-state index contributed by atoms with van der Waals surface area (Å²) in [5.41, 5.74) is 0.541. The van der Waals surface area contributed by atoms with Crippen molar-refractivity contribution in [3.05, 3.63) is 54.2 Å². The molecule has 1 N–H and O–H groups in total. The number of hydrogen-bond donors (Lipinski definition) is 1. The van der Waals surface area contributed by atoms with Gasteiger partial charge in [0.15, 0.2) is 0 Å². The fourth-order valence-electron chi connectivity index (χ4n) is 2.53. The number of aliphatic hydroxyl groups is 1. The summed E-state index contributed by atoms with van der Waals surface area (Å²) in [5, 5.41) is 9.15. The Bertz CT molecular complexity index is 628. The third-order valence-corrected chi connectivity index (χ3v) is 3.78. The highest BCUT2D eigenvalue weighted by molar-refractivity contribution is 5.94. The van der Waals surface area contributed by atoms with Crippen molar-refractivity contribution in [1.29, 1.82) is 0 Å². The Morgan fingerprint density at radius 1 is 1.27 bits per heavy atom. The van der Waals surface area contributed by atoms with E-state index in [1.165, 1.54) is 6.20 Å². The molecule has 114 valence electrons. The predicted octanol–water partition coefficient (Wildman–Crippen LogP) is 2.33. The second-order valence-electron chi connectivity index (χ2n) is 5.39. The van der Waals surface area contributed by atoms with Gasteiger partial charge in [-0.2, -0.15) is 0 Å². The van der Waals surface area contributed by atoms with Crippen LogP contribution in [0.1, 0.15) is 16.8 Å². The zero-order valence-corrected chi connectivity index (χ0v) is 12.2. The summed E-state index contributed by atoms with van der Waals surface area (Å²) in [6.07, 6.45) is 2.39. The first kappa shape index (κ1) is 14.5. The summed E-state index contributed by atoms with van der Waals surface area (Å²) in [4.78, 5) is 18.3. The maximum absolute atomic E-state index is 12.3. The molecule has 2 heterocycles. The van der Waals surface area contributed by atoms with Crippen LogP contribution in [0.5, 0.6) is 11.6 Å². The van der Waals surface area contributed by atoms with E-state index in [0.717, 1.165) is 6.42 Å². The van der Waals surface area contributed by atoms with Crippen LogP contribution in [0.4, 0.5) is 0 Å². The van der Waals surface area contributed by atoms with Gasteiger partial charge < -0.3 is 14.7 Å². The molecule has 0 spiro atoms. The van der Waals surface area contributed by atoms with E-state index in [-0.39, 0.29) is 18.4 Å². The molecule has 1 saturated heterocycles. The van der Waals surface area contributed by atoms with E-state index in [0.29, 0.717) is 30.3 Å². The maximum atomic E-state index is 12.3. The van der Waals surface area contributed by atoms with Gasteiger partial charge in [-0.15, -0.1) is 0 Å². The van der Waals surface area contributed by atoms with Crippen LogP contribution in [-0.2, 0) is 0 Å². The van der Waals surface area contributed by atoms with Crippen LogP contribution in [0, 0.1) is 5.92 Å². The third-order valence-electron chi connectivity index (χ3n) is 3.78. The molecule has 1 aliphatic heterocycles. The molecule has 1 aromatic heterocycles. The number of nitrogens with zero attached hydrogens (tertiary/aromatic N) is 2. The molecule has 1 aromatic carbocycles. The van der Waals surface area contributed by atoms with Crippen LogP contribution < -0.4 is 4.74 Å². The van der Waals surface area contributed by atoms with Gasteiger partial charge in [-0.05, 0) is 24.6 Å². The number of amides is 1. The fraction of sp³-hybridized carbons (Fsp3) is 0.294. The number of rotatable bonds is 4. The molecule has 1 amide bonds. The van der Waals surface area contributed by atoms with E-state index in [2.05, 4.69) is 4.98 Å². The van der Waals surface area contributed by atoms with E-state index in [4.69, 9.17) is 9.84 Å². The van der Waals surface area contributed by atoms with Crippen LogP contribution in [0.3, 0.4) is 0 Å². The SMILES string of the molecule is O=C(c1ccc(Oc2ccccc2)nc1)N1CCC(CO)C1. The fourth-order valence-corrected chi connectivity index (χ4v) is 2.53. The van der Waals surface area contributed by atoms with Gasteiger partial charge in [-0.1, -0.05) is 18.2 Å². The molecule has 1 unspecified atom stereocenters. The Labute approximate surface area is 129 Å². The molecule has 1 aliphatic rings. The van der Waals surface area contributed by atoms with Gasteiger partial charge in [-0.25, -0.2) is 4.98 Å². The number of para-hydroxylation sites is 1. The second kappa shape index (κ2) is 6.58. The first-order valence-electron chi connectivity index (χ1n) is 7.35. The lowest BCUT2D eigenvalue weighted by molar-refractivity contribution is 0.0781. The van der Waals surface area contributed by atoms with Crippen LogP contribution in [-0.4, -0.2) is 40.6 Å². The van der Waals surface area contributed by atoms with Crippen LogP contribution in [0.15, 0.2) is 48.7 Å². The summed E-state index contributed by atoms with van der Waals surface area (Å²) < 4.78 is 5.60. The largest absolute Gasteiger partial charge is 0.439 e. The highest BCUT2D eigenvalue weighted by Gasteiger charge is 2.26. The summed E-state index contributed by atoms with van der Waals surface area (Å²) >= 11 is 0. The van der Waals surface area contributed by atoms with Gasteiger partial charge in [0.05, 0.1) is 5.56 Å². The van der Waals surface area contributed by atoms with Gasteiger partial charge in [0.1, 0.15) is 5.75 Å². The number of hydrogen-bond acceptors (Lipinski definition) is 4. The Hall–Kier alpha value is -2.40.